The summed E-state index contributed by atoms with van der Waals surface area (Å²) in [5, 5.41) is 9.02. The summed E-state index contributed by atoms with van der Waals surface area (Å²) in [5.74, 6) is 0.818. The molecule has 0 aromatic carbocycles. The van der Waals surface area contributed by atoms with Crippen LogP contribution in [0.25, 0.3) is 0 Å². The average Bonchev–Trinajstić information content (AvgIpc) is 3.09. The van der Waals surface area contributed by atoms with Crippen molar-refractivity contribution in [3.8, 4) is 0 Å². The first kappa shape index (κ1) is 13.2. The Hall–Kier alpha value is -1.83. The molecule has 3 rings (SSSR count). The number of nitrogens with one attached hydrogen (secondary N) is 2. The van der Waals surface area contributed by atoms with Crippen LogP contribution < -0.4 is 5.32 Å². The Kier molecular flexibility index (Phi) is 3.04. The van der Waals surface area contributed by atoms with Gasteiger partial charge in [0.2, 0.25) is 5.28 Å². The fraction of sp³-hybridized carbons (Fsp3) is 0.364. The average molecular weight is 304 g/mol. The van der Waals surface area contributed by atoms with E-state index in [-0.39, 0.29) is 5.82 Å². The molecule has 0 radical (unpaired) electrons. The van der Waals surface area contributed by atoms with E-state index in [0.717, 1.165) is 24.6 Å². The van der Waals surface area contributed by atoms with Crippen molar-refractivity contribution >= 4 is 23.2 Å². The van der Waals surface area contributed by atoms with Crippen molar-refractivity contribution in [2.24, 2.45) is 0 Å². The van der Waals surface area contributed by atoms with Crippen LogP contribution in [-0.2, 0) is 6.18 Å². The molecule has 0 unspecified atom stereocenters. The number of aromatic amines is 1. The third-order valence-electron chi connectivity index (χ3n) is 2.86. The number of anilines is 2. The Morgan fingerprint density at radius 3 is 2.60 bits per heavy atom. The highest BCUT2D eigenvalue weighted by molar-refractivity contribution is 6.28. The van der Waals surface area contributed by atoms with Gasteiger partial charge in [-0.05, 0) is 24.4 Å². The third kappa shape index (κ3) is 2.84. The van der Waals surface area contributed by atoms with Gasteiger partial charge in [-0.15, -0.1) is 0 Å². The molecule has 0 atom stereocenters. The smallest absolute Gasteiger partial charge is 0.323 e. The molecule has 1 saturated carbocycles. The molecule has 1 fully saturated rings. The van der Waals surface area contributed by atoms with E-state index in [0.29, 0.717) is 11.7 Å². The van der Waals surface area contributed by atoms with Gasteiger partial charge in [-0.3, -0.25) is 5.10 Å². The zero-order valence-electron chi connectivity index (χ0n) is 10.00. The van der Waals surface area contributed by atoms with Gasteiger partial charge in [-0.2, -0.15) is 18.3 Å². The van der Waals surface area contributed by atoms with E-state index >= 15 is 0 Å². The van der Waals surface area contributed by atoms with E-state index in [9.17, 15) is 13.2 Å². The first-order chi connectivity index (χ1) is 9.41. The maximum atomic E-state index is 12.6. The van der Waals surface area contributed by atoms with E-state index < -0.39 is 17.2 Å². The molecule has 5 nitrogen and oxygen atoms in total. The molecular weight excluding hydrogens is 295 g/mol. The van der Waals surface area contributed by atoms with Crippen LogP contribution in [0.5, 0.6) is 0 Å². The normalized spacial score (nSPS) is 15.4. The highest BCUT2D eigenvalue weighted by Gasteiger charge is 2.33. The van der Waals surface area contributed by atoms with Gasteiger partial charge in [-0.25, -0.2) is 9.97 Å². The zero-order valence-corrected chi connectivity index (χ0v) is 10.8. The lowest BCUT2D eigenvalue weighted by atomic mass is 10.3. The number of halogens is 4. The Morgan fingerprint density at radius 2 is 1.95 bits per heavy atom. The summed E-state index contributed by atoms with van der Waals surface area (Å²) in [7, 11) is 0. The van der Waals surface area contributed by atoms with Crippen LogP contribution >= 0.6 is 11.6 Å². The molecule has 0 saturated heterocycles. The molecule has 1 aliphatic rings. The standard InChI is InChI=1S/C11H9ClF3N5/c12-10-16-7(11(13,14)15)4-8(18-10)17-9-3-6(19-20-9)5-1-2-5/h3-5H,1-2H2,(H2,16,17,18,19,20). The van der Waals surface area contributed by atoms with E-state index in [1.54, 1.807) is 6.07 Å². The SMILES string of the molecule is FC(F)(F)c1cc(Nc2cc(C3CC3)[nH]n2)nc(Cl)n1. The Labute approximate surface area is 116 Å². The topological polar surface area (TPSA) is 66.5 Å². The molecule has 0 amide bonds. The predicted molar refractivity (Wildman–Crippen MR) is 65.9 cm³/mol. The Morgan fingerprint density at radius 1 is 1.20 bits per heavy atom. The molecule has 2 aromatic heterocycles. The van der Waals surface area contributed by atoms with Crippen LogP contribution in [0.3, 0.4) is 0 Å². The number of H-pyrrole nitrogens is 1. The predicted octanol–water partition coefficient (Wildman–Crippen LogP) is 3.49. The molecule has 0 spiro atoms. The van der Waals surface area contributed by atoms with Crippen LogP contribution in [0.2, 0.25) is 5.28 Å². The molecule has 1 aliphatic carbocycles. The fourth-order valence-corrected chi connectivity index (χ4v) is 1.94. The molecular formula is C11H9ClF3N5. The van der Waals surface area contributed by atoms with Crippen LogP contribution in [0.4, 0.5) is 24.8 Å². The highest BCUT2D eigenvalue weighted by Crippen LogP contribution is 2.39. The number of rotatable bonds is 3. The molecule has 2 N–H and O–H groups in total. The third-order valence-corrected chi connectivity index (χ3v) is 3.03. The summed E-state index contributed by atoms with van der Waals surface area (Å²) in [6.07, 6.45) is -2.38. The second-order valence-corrected chi connectivity index (χ2v) is 4.85. The molecule has 0 aliphatic heterocycles. The summed E-state index contributed by atoms with van der Waals surface area (Å²) in [5.41, 5.74) is -0.137. The second-order valence-electron chi connectivity index (χ2n) is 4.51. The van der Waals surface area contributed by atoms with Crippen molar-refractivity contribution in [1.29, 1.82) is 0 Å². The van der Waals surface area contributed by atoms with Gasteiger partial charge in [0.15, 0.2) is 11.5 Å². The number of hydrogen-bond acceptors (Lipinski definition) is 4. The number of aromatic nitrogens is 4. The molecule has 2 aromatic rings. The minimum Gasteiger partial charge on any atom is -0.323 e. The van der Waals surface area contributed by atoms with Gasteiger partial charge in [-0.1, -0.05) is 0 Å². The summed E-state index contributed by atoms with van der Waals surface area (Å²) in [6.45, 7) is 0. The Balaban J connectivity index is 1.83. The Bertz CT molecular complexity index is 635. The first-order valence-electron chi connectivity index (χ1n) is 5.86. The largest absolute Gasteiger partial charge is 0.433 e. The van der Waals surface area contributed by atoms with Crippen LogP contribution in [-0.4, -0.2) is 20.2 Å². The van der Waals surface area contributed by atoms with Crippen molar-refractivity contribution in [2.75, 3.05) is 5.32 Å². The monoisotopic (exact) mass is 303 g/mol. The van der Waals surface area contributed by atoms with Gasteiger partial charge in [0, 0.05) is 23.7 Å². The van der Waals surface area contributed by atoms with Gasteiger partial charge >= 0.3 is 6.18 Å². The van der Waals surface area contributed by atoms with Crippen molar-refractivity contribution in [3.05, 3.63) is 28.8 Å². The molecule has 9 heteroatoms. The molecule has 2 heterocycles. The number of nitrogens with zero attached hydrogens (tertiary/aromatic N) is 3. The summed E-state index contributed by atoms with van der Waals surface area (Å²) in [4.78, 5) is 6.85. The molecule has 106 valence electrons. The van der Waals surface area contributed by atoms with E-state index in [1.807, 2.05) is 0 Å². The van der Waals surface area contributed by atoms with Gasteiger partial charge < -0.3 is 5.32 Å². The van der Waals surface area contributed by atoms with Crippen molar-refractivity contribution in [2.45, 2.75) is 24.9 Å². The highest BCUT2D eigenvalue weighted by atomic mass is 35.5. The lowest BCUT2D eigenvalue weighted by molar-refractivity contribution is -0.141. The lowest BCUT2D eigenvalue weighted by Crippen LogP contribution is -2.10. The number of alkyl halides is 3. The fourth-order valence-electron chi connectivity index (χ4n) is 1.76. The minimum atomic E-state index is -4.58. The second kappa shape index (κ2) is 4.62. The van der Waals surface area contributed by atoms with Crippen molar-refractivity contribution < 1.29 is 13.2 Å². The minimum absolute atomic E-state index is 0.0498. The van der Waals surface area contributed by atoms with Crippen LogP contribution in [0.15, 0.2) is 12.1 Å². The molecule has 0 bridgehead atoms. The zero-order chi connectivity index (χ0) is 14.3. The van der Waals surface area contributed by atoms with E-state index in [2.05, 4.69) is 25.5 Å². The van der Waals surface area contributed by atoms with Gasteiger partial charge in [0.1, 0.15) is 5.82 Å². The quantitative estimate of drug-likeness (QED) is 0.852. The van der Waals surface area contributed by atoms with E-state index in [4.69, 9.17) is 11.6 Å². The first-order valence-corrected chi connectivity index (χ1v) is 6.24. The summed E-state index contributed by atoms with van der Waals surface area (Å²) in [6, 6.07) is 2.54. The van der Waals surface area contributed by atoms with E-state index in [1.165, 1.54) is 0 Å². The maximum Gasteiger partial charge on any atom is 0.433 e. The molecule has 20 heavy (non-hydrogen) atoms. The van der Waals surface area contributed by atoms with Gasteiger partial charge in [0.05, 0.1) is 0 Å². The van der Waals surface area contributed by atoms with Crippen molar-refractivity contribution in [1.82, 2.24) is 20.2 Å². The van der Waals surface area contributed by atoms with Gasteiger partial charge in [0.25, 0.3) is 0 Å². The van der Waals surface area contributed by atoms with Crippen molar-refractivity contribution in [3.63, 3.8) is 0 Å². The summed E-state index contributed by atoms with van der Waals surface area (Å²) >= 11 is 5.50. The number of hydrogen-bond donors (Lipinski definition) is 2. The van der Waals surface area contributed by atoms with Crippen LogP contribution in [0.1, 0.15) is 30.1 Å². The maximum absolute atomic E-state index is 12.6. The van der Waals surface area contributed by atoms with Crippen LogP contribution in [0, 0.1) is 0 Å². The lowest BCUT2D eigenvalue weighted by Gasteiger charge is -2.08. The summed E-state index contributed by atoms with van der Waals surface area (Å²) < 4.78 is 37.8.